The summed E-state index contributed by atoms with van der Waals surface area (Å²) in [6.07, 6.45) is 8.08. The van der Waals surface area contributed by atoms with E-state index in [4.69, 9.17) is 9.47 Å². The molecule has 1 aliphatic rings. The van der Waals surface area contributed by atoms with Gasteiger partial charge >= 0.3 is 5.97 Å². The number of Topliss-reactive ketones (excluding diaryl/α,β-unsaturated/α-hetero) is 1. The second-order valence-electron chi connectivity index (χ2n) is 4.90. The van der Waals surface area contributed by atoms with Gasteiger partial charge in [0.1, 0.15) is 6.61 Å². The first-order valence-electron chi connectivity index (χ1n) is 6.92. The first-order chi connectivity index (χ1) is 8.72. The highest BCUT2D eigenvalue weighted by molar-refractivity contribution is 5.82. The third-order valence-electron chi connectivity index (χ3n) is 3.37. The molecule has 0 radical (unpaired) electrons. The quantitative estimate of drug-likeness (QED) is 0.677. The second-order valence-corrected chi connectivity index (χ2v) is 4.90. The van der Waals surface area contributed by atoms with Crippen molar-refractivity contribution in [1.82, 2.24) is 0 Å². The summed E-state index contributed by atoms with van der Waals surface area (Å²) in [4.78, 5) is 22.8. The molecule has 0 aromatic rings. The lowest BCUT2D eigenvalue weighted by molar-refractivity contribution is -0.148. The van der Waals surface area contributed by atoms with Gasteiger partial charge in [0, 0.05) is 20.0 Å². The van der Waals surface area contributed by atoms with Crippen molar-refractivity contribution in [3.63, 3.8) is 0 Å². The summed E-state index contributed by atoms with van der Waals surface area (Å²) >= 11 is 0. The second kappa shape index (κ2) is 9.09. The van der Waals surface area contributed by atoms with E-state index in [1.54, 1.807) is 7.11 Å². The Balaban J connectivity index is 2.37. The monoisotopic (exact) mass is 256 g/mol. The third-order valence-corrected chi connectivity index (χ3v) is 3.37. The number of ether oxygens (including phenoxy) is 2. The molecular weight excluding hydrogens is 232 g/mol. The van der Waals surface area contributed by atoms with Gasteiger partial charge in [-0.3, -0.25) is 9.59 Å². The van der Waals surface area contributed by atoms with Crippen LogP contribution in [0.15, 0.2) is 0 Å². The minimum Gasteiger partial charge on any atom is -0.458 e. The van der Waals surface area contributed by atoms with Crippen molar-refractivity contribution in [2.75, 3.05) is 13.7 Å². The van der Waals surface area contributed by atoms with Crippen LogP contribution in [0.4, 0.5) is 0 Å². The normalized spacial score (nSPS) is 25.3. The zero-order valence-corrected chi connectivity index (χ0v) is 11.3. The maximum absolute atomic E-state index is 11.4. The molecule has 0 unspecified atom stereocenters. The summed E-state index contributed by atoms with van der Waals surface area (Å²) in [6.45, 7) is -0.0491. The Morgan fingerprint density at radius 2 is 1.67 bits per heavy atom. The molecule has 1 heterocycles. The van der Waals surface area contributed by atoms with Crippen molar-refractivity contribution < 1.29 is 19.1 Å². The summed E-state index contributed by atoms with van der Waals surface area (Å²) in [5.41, 5.74) is 0. The van der Waals surface area contributed by atoms with E-state index in [-0.39, 0.29) is 18.4 Å². The van der Waals surface area contributed by atoms with Gasteiger partial charge in [-0.2, -0.15) is 0 Å². The molecule has 1 atom stereocenters. The summed E-state index contributed by atoms with van der Waals surface area (Å²) in [7, 11) is 1.75. The van der Waals surface area contributed by atoms with Crippen LogP contribution < -0.4 is 0 Å². The van der Waals surface area contributed by atoms with Gasteiger partial charge < -0.3 is 9.47 Å². The molecule has 104 valence electrons. The molecule has 1 aliphatic heterocycles. The van der Waals surface area contributed by atoms with E-state index in [0.717, 1.165) is 44.9 Å². The number of hydrogen-bond donors (Lipinski definition) is 0. The molecule has 1 fully saturated rings. The fourth-order valence-electron chi connectivity index (χ4n) is 2.20. The Bertz CT molecular complexity index is 263. The zero-order chi connectivity index (χ0) is 13.2. The molecule has 0 saturated carbocycles. The summed E-state index contributed by atoms with van der Waals surface area (Å²) in [6, 6.07) is 0. The smallest absolute Gasteiger partial charge is 0.306 e. The molecule has 0 spiro atoms. The van der Waals surface area contributed by atoms with Crippen molar-refractivity contribution >= 4 is 11.8 Å². The predicted molar refractivity (Wildman–Crippen MR) is 68.3 cm³/mol. The molecule has 0 aromatic carbocycles. The maximum Gasteiger partial charge on any atom is 0.306 e. The van der Waals surface area contributed by atoms with Gasteiger partial charge in [0.25, 0.3) is 0 Å². The van der Waals surface area contributed by atoms with E-state index in [0.29, 0.717) is 18.9 Å². The molecule has 1 rings (SSSR count). The van der Waals surface area contributed by atoms with Crippen LogP contribution >= 0.6 is 0 Å². The SMILES string of the molecule is CO[C@H]1CCCCCC(=O)OCC(=O)CCCC1. The van der Waals surface area contributed by atoms with Crippen molar-refractivity contribution in [1.29, 1.82) is 0 Å². The molecule has 0 aliphatic carbocycles. The average molecular weight is 256 g/mol. The van der Waals surface area contributed by atoms with Gasteiger partial charge in [0.2, 0.25) is 0 Å². The van der Waals surface area contributed by atoms with Gasteiger partial charge in [0.15, 0.2) is 5.78 Å². The highest BCUT2D eigenvalue weighted by atomic mass is 16.5. The topological polar surface area (TPSA) is 52.6 Å². The highest BCUT2D eigenvalue weighted by Gasteiger charge is 2.11. The van der Waals surface area contributed by atoms with Crippen LogP contribution in [0.3, 0.4) is 0 Å². The molecule has 0 N–H and O–H groups in total. The van der Waals surface area contributed by atoms with E-state index in [2.05, 4.69) is 0 Å². The van der Waals surface area contributed by atoms with Gasteiger partial charge in [-0.1, -0.05) is 19.3 Å². The van der Waals surface area contributed by atoms with E-state index >= 15 is 0 Å². The number of methoxy groups -OCH3 is 1. The van der Waals surface area contributed by atoms with Crippen LogP contribution in [0, 0.1) is 0 Å². The van der Waals surface area contributed by atoms with E-state index in [1.165, 1.54) is 0 Å². The number of ketones is 1. The van der Waals surface area contributed by atoms with Crippen LogP contribution in [-0.4, -0.2) is 31.6 Å². The summed E-state index contributed by atoms with van der Waals surface area (Å²) in [5, 5.41) is 0. The molecule has 0 amide bonds. The van der Waals surface area contributed by atoms with E-state index in [1.807, 2.05) is 0 Å². The minimum absolute atomic E-state index is 0.0226. The standard InChI is InChI=1S/C14H24O4/c1-17-13-8-3-2-4-10-14(16)18-11-12(15)7-5-6-9-13/h13H,2-11H2,1H3/t13-/m0/s1. The van der Waals surface area contributed by atoms with Gasteiger partial charge in [0.05, 0.1) is 6.10 Å². The number of rotatable bonds is 1. The molecule has 4 heteroatoms. The number of carbonyl (C=O) groups is 2. The molecule has 4 nitrogen and oxygen atoms in total. The third kappa shape index (κ3) is 6.74. The van der Waals surface area contributed by atoms with Crippen LogP contribution in [0.25, 0.3) is 0 Å². The first-order valence-corrected chi connectivity index (χ1v) is 6.92. The van der Waals surface area contributed by atoms with Gasteiger partial charge in [-0.15, -0.1) is 0 Å². The van der Waals surface area contributed by atoms with Crippen LogP contribution in [0.2, 0.25) is 0 Å². The van der Waals surface area contributed by atoms with Crippen LogP contribution in [0.1, 0.15) is 57.8 Å². The number of esters is 1. The molecular formula is C14H24O4. The lowest BCUT2D eigenvalue weighted by Gasteiger charge is -2.15. The molecule has 1 saturated heterocycles. The Labute approximate surface area is 109 Å². The minimum atomic E-state index is -0.247. The zero-order valence-electron chi connectivity index (χ0n) is 11.3. The van der Waals surface area contributed by atoms with Gasteiger partial charge in [-0.25, -0.2) is 0 Å². The average Bonchev–Trinajstić information content (AvgIpc) is 2.37. The van der Waals surface area contributed by atoms with Crippen LogP contribution in [-0.2, 0) is 19.1 Å². The molecule has 0 bridgehead atoms. The highest BCUT2D eigenvalue weighted by Crippen LogP contribution is 2.15. The Morgan fingerprint density at radius 3 is 2.39 bits per heavy atom. The Hall–Kier alpha value is -0.900. The Kier molecular flexibility index (Phi) is 7.65. The molecule has 18 heavy (non-hydrogen) atoms. The van der Waals surface area contributed by atoms with Crippen molar-refractivity contribution in [3.05, 3.63) is 0 Å². The van der Waals surface area contributed by atoms with E-state index < -0.39 is 0 Å². The lowest BCUT2D eigenvalue weighted by atomic mass is 10.0. The first kappa shape index (κ1) is 15.2. The van der Waals surface area contributed by atoms with Crippen LogP contribution in [0.5, 0.6) is 0 Å². The van der Waals surface area contributed by atoms with Crippen molar-refractivity contribution in [3.8, 4) is 0 Å². The fourth-order valence-corrected chi connectivity index (χ4v) is 2.20. The Morgan fingerprint density at radius 1 is 1.00 bits per heavy atom. The fraction of sp³-hybridized carbons (Fsp3) is 0.857. The van der Waals surface area contributed by atoms with Gasteiger partial charge in [-0.05, 0) is 25.7 Å². The summed E-state index contributed by atoms with van der Waals surface area (Å²) < 4.78 is 10.4. The number of carbonyl (C=O) groups excluding carboxylic acids is 2. The maximum atomic E-state index is 11.4. The molecule has 0 aromatic heterocycles. The van der Waals surface area contributed by atoms with Crippen molar-refractivity contribution in [2.24, 2.45) is 0 Å². The largest absolute Gasteiger partial charge is 0.458 e. The van der Waals surface area contributed by atoms with E-state index in [9.17, 15) is 9.59 Å². The van der Waals surface area contributed by atoms with Crippen molar-refractivity contribution in [2.45, 2.75) is 63.9 Å². The number of hydrogen-bond acceptors (Lipinski definition) is 4. The predicted octanol–water partition coefficient (Wildman–Crippen LogP) is 2.64. The number of cyclic esters (lactones) is 1. The summed E-state index contributed by atoms with van der Waals surface area (Å²) in [5.74, 6) is -0.224. The lowest BCUT2D eigenvalue weighted by Crippen LogP contribution is -2.15.